The molecule has 0 saturated heterocycles. The van der Waals surface area contributed by atoms with Crippen molar-refractivity contribution in [3.8, 4) is 0 Å². The zero-order valence-corrected chi connectivity index (χ0v) is 40.0. The minimum Gasteiger partial charge on any atom is -0.461 e. The first-order valence-corrected chi connectivity index (χ1v) is 26.7. The van der Waals surface area contributed by atoms with E-state index in [9.17, 15) is 9.59 Å². The fraction of sp³-hybridized carbons (Fsp3) is 0.958. The summed E-state index contributed by atoms with van der Waals surface area (Å²) in [4.78, 5) is 28.4. The molecule has 0 aromatic heterocycles. The Bertz CT molecular complexity index is 794. The highest BCUT2D eigenvalue weighted by atomic mass is 32.2. The third-order valence-electron chi connectivity index (χ3n) is 11.0. The maximum Gasteiger partial charge on any atom is 0.306 e. The van der Waals surface area contributed by atoms with Gasteiger partial charge in [0.15, 0.2) is 0 Å². The lowest BCUT2D eigenvalue weighted by atomic mass is 10.0. The van der Waals surface area contributed by atoms with Gasteiger partial charge in [0.25, 0.3) is 0 Å². The molecular weight excluding hydrogens is 751 g/mol. The molecule has 340 valence electrons. The van der Waals surface area contributed by atoms with Crippen LogP contribution in [0, 0.1) is 0 Å². The van der Waals surface area contributed by atoms with Crippen LogP contribution in [0.1, 0.15) is 220 Å². The predicted molar refractivity (Wildman–Crippen MR) is 250 cm³/mol. The molecular formula is C48H95NO6S2. The van der Waals surface area contributed by atoms with Crippen molar-refractivity contribution in [1.82, 2.24) is 4.90 Å². The number of carbonyl (C=O) groups excluding carboxylic acids is 2. The van der Waals surface area contributed by atoms with E-state index < -0.39 is 0 Å². The molecule has 57 heavy (non-hydrogen) atoms. The highest BCUT2D eigenvalue weighted by Gasteiger charge is 2.19. The van der Waals surface area contributed by atoms with Crippen LogP contribution in [-0.4, -0.2) is 96.6 Å². The predicted octanol–water partition coefficient (Wildman–Crippen LogP) is 13.4. The topological polar surface area (TPSA) is 85.3 Å². The van der Waals surface area contributed by atoms with Gasteiger partial charge in [-0.15, -0.1) is 0 Å². The molecule has 0 aliphatic heterocycles. The summed E-state index contributed by atoms with van der Waals surface area (Å²) in [5, 5.41) is 9.13. The Morgan fingerprint density at radius 2 is 0.895 bits per heavy atom. The van der Waals surface area contributed by atoms with Gasteiger partial charge >= 0.3 is 11.9 Å². The van der Waals surface area contributed by atoms with Crippen LogP contribution in [-0.2, 0) is 23.8 Å². The largest absolute Gasteiger partial charge is 0.461 e. The zero-order valence-electron chi connectivity index (χ0n) is 38.4. The first-order valence-electron chi connectivity index (χ1n) is 24.3. The van der Waals surface area contributed by atoms with Gasteiger partial charge < -0.3 is 24.2 Å². The van der Waals surface area contributed by atoms with E-state index in [-0.39, 0.29) is 30.8 Å². The van der Waals surface area contributed by atoms with Crippen molar-refractivity contribution < 1.29 is 28.9 Å². The second-order valence-corrected chi connectivity index (χ2v) is 18.9. The van der Waals surface area contributed by atoms with Crippen LogP contribution in [0.2, 0.25) is 0 Å². The number of nitrogens with zero attached hydrogens (tertiary/aromatic N) is 1. The Morgan fingerprint density at radius 3 is 1.32 bits per heavy atom. The molecule has 0 fully saturated rings. The van der Waals surface area contributed by atoms with E-state index in [0.717, 1.165) is 93.8 Å². The Kier molecular flexibility index (Phi) is 44.7. The van der Waals surface area contributed by atoms with Crippen molar-refractivity contribution in [3.63, 3.8) is 0 Å². The second kappa shape index (κ2) is 45.1. The molecule has 1 N–H and O–H groups in total. The Labute approximate surface area is 362 Å². The molecule has 0 heterocycles. The maximum atomic E-state index is 13.0. The molecule has 0 aliphatic carbocycles. The normalized spacial score (nSPS) is 13.2. The lowest BCUT2D eigenvalue weighted by Crippen LogP contribution is -2.34. The standard InChI is InChI=1S/C48H95NO6S2/c1-6-10-14-18-20-28-40-56-42-45(32-22-16-12-8-3)54-47(51)34-26-24-30-44(49(5)36-38-53-39-37-50)31-25-27-35-48(52)55-46(33-23-17-13-9-4)43-57-41-29-21-19-15-11-7-2/h44-46,50H,6-43H2,1-5H3. The number of hydrogen-bond acceptors (Lipinski definition) is 9. The van der Waals surface area contributed by atoms with E-state index in [1.165, 1.54) is 116 Å². The number of ether oxygens (including phenoxy) is 3. The highest BCUT2D eigenvalue weighted by molar-refractivity contribution is 7.99. The van der Waals surface area contributed by atoms with Crippen molar-refractivity contribution >= 4 is 35.5 Å². The van der Waals surface area contributed by atoms with Crippen LogP contribution in [0.5, 0.6) is 0 Å². The fourth-order valence-electron chi connectivity index (χ4n) is 7.28. The van der Waals surface area contributed by atoms with Gasteiger partial charge in [-0.05, 0) is 82.8 Å². The molecule has 2 unspecified atom stereocenters. The SMILES string of the molecule is CCCCCCCCSCC(CCCCCC)OC(=O)CCCCC(CCCCC(=O)OC(CCCCCC)CSCCCCCCCC)N(C)CCOCCO. The Morgan fingerprint density at radius 1 is 0.509 bits per heavy atom. The smallest absolute Gasteiger partial charge is 0.306 e. The van der Waals surface area contributed by atoms with Gasteiger partial charge in [0.05, 0.1) is 19.8 Å². The van der Waals surface area contributed by atoms with Crippen LogP contribution < -0.4 is 0 Å². The lowest BCUT2D eigenvalue weighted by molar-refractivity contribution is -0.149. The fourth-order valence-corrected chi connectivity index (χ4v) is 9.42. The second-order valence-electron chi connectivity index (χ2n) is 16.6. The first-order chi connectivity index (χ1) is 27.9. The summed E-state index contributed by atoms with van der Waals surface area (Å²) in [5.74, 6) is 4.08. The van der Waals surface area contributed by atoms with E-state index in [2.05, 4.69) is 39.6 Å². The highest BCUT2D eigenvalue weighted by Crippen LogP contribution is 2.21. The zero-order chi connectivity index (χ0) is 41.9. The summed E-state index contributed by atoms with van der Waals surface area (Å²) in [7, 11) is 2.15. The third-order valence-corrected chi connectivity index (χ3v) is 13.4. The number of rotatable bonds is 46. The summed E-state index contributed by atoms with van der Waals surface area (Å²) in [6.07, 6.45) is 34.0. The van der Waals surface area contributed by atoms with Crippen LogP contribution in [0.15, 0.2) is 0 Å². The maximum absolute atomic E-state index is 13.0. The number of aliphatic hydroxyl groups is 1. The van der Waals surface area contributed by atoms with Crippen LogP contribution in [0.4, 0.5) is 0 Å². The number of carbonyl (C=O) groups is 2. The molecule has 0 saturated carbocycles. The van der Waals surface area contributed by atoms with Crippen molar-refractivity contribution in [3.05, 3.63) is 0 Å². The Balaban J connectivity index is 4.85. The molecule has 0 radical (unpaired) electrons. The molecule has 0 aromatic carbocycles. The molecule has 0 amide bonds. The van der Waals surface area contributed by atoms with Crippen molar-refractivity contribution in [1.29, 1.82) is 0 Å². The summed E-state index contributed by atoms with van der Waals surface area (Å²) >= 11 is 3.93. The average Bonchev–Trinajstić information content (AvgIpc) is 3.20. The Hall–Kier alpha value is -0.480. The van der Waals surface area contributed by atoms with Gasteiger partial charge in [0.1, 0.15) is 12.2 Å². The summed E-state index contributed by atoms with van der Waals surface area (Å²) in [6.45, 7) is 10.8. The molecule has 7 nitrogen and oxygen atoms in total. The van der Waals surface area contributed by atoms with Gasteiger partial charge in [0.2, 0.25) is 0 Å². The van der Waals surface area contributed by atoms with Crippen LogP contribution in [0.3, 0.4) is 0 Å². The van der Waals surface area contributed by atoms with Crippen LogP contribution in [0.25, 0.3) is 0 Å². The number of likely N-dealkylation sites (N-methyl/N-ethyl adjacent to an activating group) is 1. The van der Waals surface area contributed by atoms with Gasteiger partial charge in [-0.1, -0.05) is 143 Å². The van der Waals surface area contributed by atoms with E-state index >= 15 is 0 Å². The summed E-state index contributed by atoms with van der Waals surface area (Å²) in [6, 6.07) is 0.351. The van der Waals surface area contributed by atoms with Gasteiger partial charge in [-0.2, -0.15) is 23.5 Å². The number of aliphatic hydroxyl groups excluding tert-OH is 1. The van der Waals surface area contributed by atoms with Gasteiger partial charge in [-0.3, -0.25) is 9.59 Å². The molecule has 0 rings (SSSR count). The van der Waals surface area contributed by atoms with Crippen molar-refractivity contribution in [2.75, 3.05) is 56.4 Å². The number of hydrogen-bond donors (Lipinski definition) is 1. The molecule has 0 bridgehead atoms. The molecule has 0 spiro atoms. The monoisotopic (exact) mass is 846 g/mol. The van der Waals surface area contributed by atoms with Crippen molar-refractivity contribution in [2.24, 2.45) is 0 Å². The van der Waals surface area contributed by atoms with Crippen molar-refractivity contribution in [2.45, 2.75) is 239 Å². The van der Waals surface area contributed by atoms with Crippen LogP contribution >= 0.6 is 23.5 Å². The molecule has 2 atom stereocenters. The number of thioether (sulfide) groups is 2. The molecule has 0 aromatic rings. The summed E-state index contributed by atoms with van der Waals surface area (Å²) < 4.78 is 17.7. The molecule has 0 aliphatic rings. The van der Waals surface area contributed by atoms with E-state index in [0.29, 0.717) is 32.1 Å². The number of esters is 2. The van der Waals surface area contributed by atoms with E-state index in [1.54, 1.807) is 0 Å². The van der Waals surface area contributed by atoms with Gasteiger partial charge in [0, 0.05) is 36.9 Å². The lowest BCUT2D eigenvalue weighted by Gasteiger charge is -2.28. The molecule has 9 heteroatoms. The summed E-state index contributed by atoms with van der Waals surface area (Å²) in [5.41, 5.74) is 0. The third kappa shape index (κ3) is 39.4. The van der Waals surface area contributed by atoms with E-state index in [4.69, 9.17) is 19.3 Å². The van der Waals surface area contributed by atoms with E-state index in [1.807, 2.05) is 23.5 Å². The minimum atomic E-state index is -0.0408. The number of unbranched alkanes of at least 4 members (excludes halogenated alkanes) is 18. The van der Waals surface area contributed by atoms with Gasteiger partial charge in [-0.25, -0.2) is 0 Å². The first kappa shape index (κ1) is 56.5. The quantitative estimate of drug-likeness (QED) is 0.0475. The minimum absolute atomic E-state index is 0.0316. The average molecular weight is 846 g/mol.